The second kappa shape index (κ2) is 5.08. The number of fused-ring (bicyclic) bond motifs is 1. The van der Waals surface area contributed by atoms with Gasteiger partial charge in [-0.1, -0.05) is 11.3 Å². The van der Waals surface area contributed by atoms with Gasteiger partial charge >= 0.3 is 0 Å². The van der Waals surface area contributed by atoms with Crippen LogP contribution in [-0.4, -0.2) is 28.2 Å². The van der Waals surface area contributed by atoms with Gasteiger partial charge in [-0.05, 0) is 31.9 Å². The molecule has 3 aromatic heterocycles. The molecule has 4 rings (SSSR count). The first-order valence-corrected chi connectivity index (χ1v) is 9.92. The summed E-state index contributed by atoms with van der Waals surface area (Å²) in [5.74, 6) is 1.34. The molecule has 0 amide bonds. The minimum Gasteiger partial charge on any atom is -0.206 e. The van der Waals surface area contributed by atoms with Crippen LogP contribution in [0.5, 0.6) is 0 Å². The van der Waals surface area contributed by atoms with Crippen LogP contribution < -0.4 is 4.72 Å². The van der Waals surface area contributed by atoms with Crippen molar-refractivity contribution in [2.24, 2.45) is 0 Å². The predicted octanol–water partition coefficient (Wildman–Crippen LogP) is 1.91. The molecule has 0 spiro atoms. The molecule has 1 fully saturated rings. The molecule has 116 valence electrons. The maximum Gasteiger partial charge on any atom is 0.250 e. The lowest BCUT2D eigenvalue weighted by Crippen LogP contribution is -2.22. The number of thiophene rings is 1. The van der Waals surface area contributed by atoms with Crippen molar-refractivity contribution in [3.05, 3.63) is 27.8 Å². The van der Waals surface area contributed by atoms with Gasteiger partial charge in [-0.3, -0.25) is 0 Å². The maximum atomic E-state index is 12.2. The van der Waals surface area contributed by atoms with Gasteiger partial charge < -0.3 is 0 Å². The SMILES string of the molecule is Cc1ccc(S(=O)(=O)NCc2nn3c(C4CC4)nnc3s2)s1. The van der Waals surface area contributed by atoms with Gasteiger partial charge in [0, 0.05) is 10.8 Å². The summed E-state index contributed by atoms with van der Waals surface area (Å²) < 4.78 is 29.0. The zero-order chi connectivity index (χ0) is 15.3. The van der Waals surface area contributed by atoms with E-state index in [4.69, 9.17) is 0 Å². The summed E-state index contributed by atoms with van der Waals surface area (Å²) in [5.41, 5.74) is 0. The maximum absolute atomic E-state index is 12.2. The van der Waals surface area contributed by atoms with Crippen molar-refractivity contribution in [2.75, 3.05) is 0 Å². The van der Waals surface area contributed by atoms with E-state index in [2.05, 4.69) is 20.0 Å². The van der Waals surface area contributed by atoms with E-state index >= 15 is 0 Å². The van der Waals surface area contributed by atoms with E-state index in [1.807, 2.05) is 6.92 Å². The number of rotatable bonds is 5. The predicted molar refractivity (Wildman–Crippen MR) is 83.7 cm³/mol. The smallest absolute Gasteiger partial charge is 0.206 e. The summed E-state index contributed by atoms with van der Waals surface area (Å²) in [6, 6.07) is 3.41. The number of sulfonamides is 1. The molecular weight excluding hydrogens is 342 g/mol. The Morgan fingerprint density at radius 3 is 2.82 bits per heavy atom. The van der Waals surface area contributed by atoms with Crippen molar-refractivity contribution < 1.29 is 8.42 Å². The lowest BCUT2D eigenvalue weighted by Gasteiger charge is -2.01. The lowest BCUT2D eigenvalue weighted by molar-refractivity contribution is 0.582. The molecule has 3 heterocycles. The molecule has 0 saturated heterocycles. The topological polar surface area (TPSA) is 89.2 Å². The Labute approximate surface area is 135 Å². The molecule has 10 heteroatoms. The second-order valence-electron chi connectivity index (χ2n) is 5.21. The van der Waals surface area contributed by atoms with Crippen LogP contribution in [0.3, 0.4) is 0 Å². The van der Waals surface area contributed by atoms with E-state index < -0.39 is 10.0 Å². The van der Waals surface area contributed by atoms with E-state index in [1.54, 1.807) is 16.6 Å². The third kappa shape index (κ3) is 2.56. The third-order valence-electron chi connectivity index (χ3n) is 3.39. The molecule has 0 atom stereocenters. The van der Waals surface area contributed by atoms with E-state index in [0.717, 1.165) is 23.5 Å². The minimum absolute atomic E-state index is 0.164. The van der Waals surface area contributed by atoms with Gasteiger partial charge in [0.15, 0.2) is 5.82 Å². The van der Waals surface area contributed by atoms with Gasteiger partial charge in [0.25, 0.3) is 0 Å². The highest BCUT2D eigenvalue weighted by Crippen LogP contribution is 2.39. The fraction of sp³-hybridized carbons (Fsp3) is 0.417. The van der Waals surface area contributed by atoms with Gasteiger partial charge in [-0.15, -0.1) is 21.5 Å². The van der Waals surface area contributed by atoms with E-state index in [1.165, 1.54) is 22.7 Å². The van der Waals surface area contributed by atoms with Crippen molar-refractivity contribution >= 4 is 37.7 Å². The number of nitrogens with zero attached hydrogens (tertiary/aromatic N) is 4. The standard InChI is InChI=1S/C12H13N5O2S3/c1-7-2-5-10(20-7)22(18,19)13-6-9-16-17-11(8-3-4-8)14-15-12(17)21-9/h2,5,8,13H,3-4,6H2,1H3. The number of aryl methyl sites for hydroxylation is 1. The summed E-state index contributed by atoms with van der Waals surface area (Å²) in [6.45, 7) is 2.05. The van der Waals surface area contributed by atoms with Crippen molar-refractivity contribution in [1.82, 2.24) is 24.5 Å². The van der Waals surface area contributed by atoms with Crippen LogP contribution in [0.2, 0.25) is 0 Å². The molecular formula is C12H13N5O2S3. The molecule has 0 unspecified atom stereocenters. The quantitative estimate of drug-likeness (QED) is 0.755. The first kappa shape index (κ1) is 14.2. The Balaban J connectivity index is 1.54. The summed E-state index contributed by atoms with van der Waals surface area (Å²) in [7, 11) is -3.48. The Hall–Kier alpha value is -1.36. The highest BCUT2D eigenvalue weighted by atomic mass is 32.2. The van der Waals surface area contributed by atoms with Gasteiger partial charge in [-0.2, -0.15) is 9.61 Å². The van der Waals surface area contributed by atoms with Crippen LogP contribution >= 0.6 is 22.7 Å². The van der Waals surface area contributed by atoms with Crippen molar-refractivity contribution in [2.45, 2.75) is 36.4 Å². The third-order valence-corrected chi connectivity index (χ3v) is 7.19. The molecule has 1 aliphatic rings. The van der Waals surface area contributed by atoms with Gasteiger partial charge in [0.1, 0.15) is 9.22 Å². The van der Waals surface area contributed by atoms with Crippen molar-refractivity contribution in [3.8, 4) is 0 Å². The molecule has 1 saturated carbocycles. The van der Waals surface area contributed by atoms with Crippen molar-refractivity contribution in [3.63, 3.8) is 0 Å². The number of aromatic nitrogens is 4. The summed E-state index contributed by atoms with van der Waals surface area (Å²) in [5, 5.41) is 13.3. The Morgan fingerprint density at radius 2 is 2.14 bits per heavy atom. The van der Waals surface area contributed by atoms with E-state index in [-0.39, 0.29) is 6.54 Å². The molecule has 1 aliphatic carbocycles. The molecule has 0 radical (unpaired) electrons. The molecule has 3 aromatic rings. The molecule has 7 nitrogen and oxygen atoms in total. The number of hydrogen-bond donors (Lipinski definition) is 1. The van der Waals surface area contributed by atoms with Crippen LogP contribution in [0.15, 0.2) is 16.3 Å². The number of hydrogen-bond acceptors (Lipinski definition) is 7. The fourth-order valence-corrected chi connectivity index (χ4v) is 5.31. The normalized spacial score (nSPS) is 15.7. The Morgan fingerprint density at radius 1 is 1.32 bits per heavy atom. The highest BCUT2D eigenvalue weighted by molar-refractivity contribution is 7.91. The molecule has 0 aromatic carbocycles. The number of nitrogens with one attached hydrogen (secondary N) is 1. The first-order chi connectivity index (χ1) is 10.5. The zero-order valence-electron chi connectivity index (χ0n) is 11.7. The summed E-state index contributed by atoms with van der Waals surface area (Å²) in [4.78, 5) is 1.68. The Bertz CT molecular complexity index is 935. The van der Waals surface area contributed by atoms with Gasteiger partial charge in [0.05, 0.1) is 6.54 Å². The van der Waals surface area contributed by atoms with Crippen LogP contribution in [0, 0.1) is 6.92 Å². The molecule has 0 bridgehead atoms. The minimum atomic E-state index is -3.48. The van der Waals surface area contributed by atoms with Crippen LogP contribution in [-0.2, 0) is 16.6 Å². The summed E-state index contributed by atoms with van der Waals surface area (Å²) in [6.07, 6.45) is 2.25. The van der Waals surface area contributed by atoms with Crippen LogP contribution in [0.4, 0.5) is 0 Å². The van der Waals surface area contributed by atoms with Gasteiger partial charge in [-0.25, -0.2) is 13.1 Å². The summed E-state index contributed by atoms with van der Waals surface area (Å²) >= 11 is 2.62. The van der Waals surface area contributed by atoms with E-state index in [9.17, 15) is 8.42 Å². The van der Waals surface area contributed by atoms with Gasteiger partial charge in [0.2, 0.25) is 15.0 Å². The average Bonchev–Trinajstić information content (AvgIpc) is 2.91. The van der Waals surface area contributed by atoms with Crippen LogP contribution in [0.1, 0.15) is 34.5 Å². The van der Waals surface area contributed by atoms with Crippen LogP contribution in [0.25, 0.3) is 4.96 Å². The lowest BCUT2D eigenvalue weighted by atomic mass is 10.4. The largest absolute Gasteiger partial charge is 0.250 e. The highest BCUT2D eigenvalue weighted by Gasteiger charge is 2.30. The molecule has 1 N–H and O–H groups in total. The van der Waals surface area contributed by atoms with Crippen molar-refractivity contribution in [1.29, 1.82) is 0 Å². The average molecular weight is 355 g/mol. The van der Waals surface area contributed by atoms with E-state index in [0.29, 0.717) is 20.1 Å². The Kier molecular flexibility index (Phi) is 3.29. The zero-order valence-corrected chi connectivity index (χ0v) is 14.1. The molecule has 22 heavy (non-hydrogen) atoms. The monoisotopic (exact) mass is 355 g/mol. The first-order valence-electron chi connectivity index (χ1n) is 6.80. The molecule has 0 aliphatic heterocycles. The second-order valence-corrected chi connectivity index (χ2v) is 9.53. The fourth-order valence-electron chi connectivity index (χ4n) is 2.12.